The summed E-state index contributed by atoms with van der Waals surface area (Å²) >= 11 is 9.07. The van der Waals surface area contributed by atoms with E-state index in [1.807, 2.05) is 0 Å². The van der Waals surface area contributed by atoms with Crippen molar-refractivity contribution in [2.45, 2.75) is 0 Å². The lowest BCUT2D eigenvalue weighted by molar-refractivity contribution is -0.131. The average molecular weight is 305 g/mol. The number of amides is 1. The molecule has 0 spiro atoms. The summed E-state index contributed by atoms with van der Waals surface area (Å²) in [4.78, 5) is 21.4. The van der Waals surface area contributed by atoms with Gasteiger partial charge in [0.15, 0.2) is 0 Å². The number of halogens is 2. The number of rotatable bonds is 3. The Kier molecular flexibility index (Phi) is 4.52. The van der Waals surface area contributed by atoms with Crippen molar-refractivity contribution in [3.63, 3.8) is 0 Å². The number of benzene rings is 1. The molecule has 1 rings (SSSR count). The van der Waals surface area contributed by atoms with E-state index in [4.69, 9.17) is 16.7 Å². The van der Waals surface area contributed by atoms with Crippen LogP contribution in [0.3, 0.4) is 0 Å². The zero-order chi connectivity index (χ0) is 12.1. The van der Waals surface area contributed by atoms with Crippen LogP contribution in [0.5, 0.6) is 0 Å². The van der Waals surface area contributed by atoms with Gasteiger partial charge in [0.2, 0.25) is 5.91 Å². The van der Waals surface area contributed by atoms with E-state index in [0.29, 0.717) is 10.7 Å². The first-order chi connectivity index (χ1) is 7.49. The molecule has 2 N–H and O–H groups in total. The zero-order valence-electron chi connectivity index (χ0n) is 7.91. The Bertz CT molecular complexity index is 459. The normalized spacial score (nSPS) is 10.4. The Labute approximate surface area is 105 Å². The van der Waals surface area contributed by atoms with Gasteiger partial charge in [0.1, 0.15) is 0 Å². The van der Waals surface area contributed by atoms with E-state index in [-0.39, 0.29) is 0 Å². The number of carboxylic acids is 1. The van der Waals surface area contributed by atoms with Gasteiger partial charge < -0.3 is 10.4 Å². The van der Waals surface area contributed by atoms with Crippen LogP contribution in [0, 0.1) is 0 Å². The van der Waals surface area contributed by atoms with Crippen molar-refractivity contribution >= 4 is 45.1 Å². The Hall–Kier alpha value is -1.33. The van der Waals surface area contributed by atoms with Gasteiger partial charge in [0, 0.05) is 16.6 Å². The summed E-state index contributed by atoms with van der Waals surface area (Å²) < 4.78 is 0.788. The lowest BCUT2D eigenvalue weighted by Crippen LogP contribution is -2.08. The fraction of sp³-hybridized carbons (Fsp3) is 0. The molecule has 16 heavy (non-hydrogen) atoms. The summed E-state index contributed by atoms with van der Waals surface area (Å²) in [5.74, 6) is -1.73. The van der Waals surface area contributed by atoms with Crippen molar-refractivity contribution in [1.29, 1.82) is 0 Å². The Morgan fingerprint density at radius 1 is 1.38 bits per heavy atom. The number of hydrogen-bond donors (Lipinski definition) is 2. The van der Waals surface area contributed by atoms with Crippen molar-refractivity contribution in [2.24, 2.45) is 0 Å². The third-order valence-electron chi connectivity index (χ3n) is 1.57. The van der Waals surface area contributed by atoms with Gasteiger partial charge in [0.25, 0.3) is 0 Å². The fourth-order valence-corrected chi connectivity index (χ4v) is 1.63. The highest BCUT2D eigenvalue weighted by Gasteiger charge is 2.03. The predicted molar refractivity (Wildman–Crippen MR) is 64.6 cm³/mol. The van der Waals surface area contributed by atoms with Gasteiger partial charge in [0.05, 0.1) is 10.7 Å². The second kappa shape index (κ2) is 5.67. The molecule has 0 radical (unpaired) electrons. The quantitative estimate of drug-likeness (QED) is 0.844. The minimum atomic E-state index is -1.18. The van der Waals surface area contributed by atoms with Crippen molar-refractivity contribution in [3.05, 3.63) is 39.8 Å². The molecular formula is C10H7BrClNO3. The number of carboxylic acid groups (broad SMARTS) is 1. The van der Waals surface area contributed by atoms with Crippen LogP contribution in [-0.2, 0) is 9.59 Å². The summed E-state index contributed by atoms with van der Waals surface area (Å²) in [6.07, 6.45) is 1.67. The first-order valence-corrected chi connectivity index (χ1v) is 5.33. The summed E-state index contributed by atoms with van der Waals surface area (Å²) in [5, 5.41) is 11.1. The summed E-state index contributed by atoms with van der Waals surface area (Å²) in [5.41, 5.74) is 0.421. The molecule has 0 saturated carbocycles. The van der Waals surface area contributed by atoms with Gasteiger partial charge in [-0.1, -0.05) is 27.5 Å². The maximum Gasteiger partial charge on any atom is 0.328 e. The van der Waals surface area contributed by atoms with Crippen molar-refractivity contribution in [3.8, 4) is 0 Å². The van der Waals surface area contributed by atoms with Crippen LogP contribution >= 0.6 is 27.5 Å². The topological polar surface area (TPSA) is 66.4 Å². The lowest BCUT2D eigenvalue weighted by Gasteiger charge is -2.04. The first-order valence-electron chi connectivity index (χ1n) is 4.16. The second-order valence-electron chi connectivity index (χ2n) is 2.78. The first kappa shape index (κ1) is 12.7. The predicted octanol–water partition coefficient (Wildman–Crippen LogP) is 2.68. The molecule has 0 heterocycles. The molecule has 4 nitrogen and oxygen atoms in total. The molecular weight excluding hydrogens is 297 g/mol. The molecule has 0 aliphatic heterocycles. The molecule has 0 aromatic heterocycles. The van der Waals surface area contributed by atoms with E-state index in [2.05, 4.69) is 21.2 Å². The van der Waals surface area contributed by atoms with E-state index >= 15 is 0 Å². The molecule has 0 bridgehead atoms. The van der Waals surface area contributed by atoms with Crippen LogP contribution in [0.25, 0.3) is 0 Å². The van der Waals surface area contributed by atoms with Gasteiger partial charge in [-0.2, -0.15) is 0 Å². The van der Waals surface area contributed by atoms with E-state index in [1.165, 1.54) is 0 Å². The van der Waals surface area contributed by atoms with E-state index in [9.17, 15) is 9.59 Å². The van der Waals surface area contributed by atoms with Crippen molar-refractivity contribution < 1.29 is 14.7 Å². The smallest absolute Gasteiger partial charge is 0.328 e. The third-order valence-corrected chi connectivity index (χ3v) is 2.37. The Morgan fingerprint density at radius 2 is 2.06 bits per heavy atom. The number of carbonyl (C=O) groups excluding carboxylic acids is 1. The molecule has 0 aliphatic carbocycles. The van der Waals surface area contributed by atoms with Crippen molar-refractivity contribution in [1.82, 2.24) is 0 Å². The standard InChI is InChI=1S/C10H7BrClNO3/c11-6-1-2-8(7(12)5-6)13-9(14)3-4-10(15)16/h1-5H,(H,13,14)(H,15,16)/b4-3-. The Balaban J connectivity index is 2.73. The number of nitrogens with one attached hydrogen (secondary N) is 1. The third kappa shape index (κ3) is 4.04. The molecule has 84 valence electrons. The number of anilines is 1. The summed E-state index contributed by atoms with van der Waals surface area (Å²) in [6.45, 7) is 0. The van der Waals surface area contributed by atoms with Gasteiger partial charge in [-0.15, -0.1) is 0 Å². The second-order valence-corrected chi connectivity index (χ2v) is 4.11. The van der Waals surface area contributed by atoms with Crippen molar-refractivity contribution in [2.75, 3.05) is 5.32 Å². The van der Waals surface area contributed by atoms with Gasteiger partial charge in [-0.25, -0.2) is 4.79 Å². The molecule has 0 saturated heterocycles. The van der Waals surface area contributed by atoms with Crippen LogP contribution in [-0.4, -0.2) is 17.0 Å². The molecule has 1 amide bonds. The zero-order valence-corrected chi connectivity index (χ0v) is 10.2. The van der Waals surface area contributed by atoms with E-state index < -0.39 is 11.9 Å². The molecule has 1 aromatic rings. The fourth-order valence-electron chi connectivity index (χ4n) is 0.912. The summed E-state index contributed by atoms with van der Waals surface area (Å²) in [6, 6.07) is 4.94. The molecule has 0 aliphatic rings. The minimum absolute atomic E-state index is 0.367. The molecule has 0 atom stereocenters. The van der Waals surface area contributed by atoms with Crippen LogP contribution in [0.4, 0.5) is 5.69 Å². The minimum Gasteiger partial charge on any atom is -0.478 e. The van der Waals surface area contributed by atoms with E-state index in [1.54, 1.807) is 18.2 Å². The van der Waals surface area contributed by atoms with Gasteiger partial charge >= 0.3 is 5.97 Å². The summed E-state index contributed by atoms with van der Waals surface area (Å²) in [7, 11) is 0. The molecule has 0 unspecified atom stereocenters. The highest BCUT2D eigenvalue weighted by atomic mass is 79.9. The molecule has 6 heteroatoms. The van der Waals surface area contributed by atoms with Crippen LogP contribution < -0.4 is 5.32 Å². The number of carbonyl (C=O) groups is 2. The van der Waals surface area contributed by atoms with Gasteiger partial charge in [-0.3, -0.25) is 4.79 Å². The molecule has 1 aromatic carbocycles. The van der Waals surface area contributed by atoms with Crippen LogP contribution in [0.2, 0.25) is 5.02 Å². The largest absolute Gasteiger partial charge is 0.478 e. The maximum absolute atomic E-state index is 11.2. The highest BCUT2D eigenvalue weighted by Crippen LogP contribution is 2.25. The number of hydrogen-bond acceptors (Lipinski definition) is 2. The van der Waals surface area contributed by atoms with Crippen LogP contribution in [0.1, 0.15) is 0 Å². The highest BCUT2D eigenvalue weighted by molar-refractivity contribution is 9.10. The average Bonchev–Trinajstić information content (AvgIpc) is 2.19. The van der Waals surface area contributed by atoms with E-state index in [0.717, 1.165) is 16.6 Å². The Morgan fingerprint density at radius 3 is 2.62 bits per heavy atom. The lowest BCUT2D eigenvalue weighted by atomic mass is 10.3. The SMILES string of the molecule is O=C(O)/C=C\C(=O)Nc1ccc(Br)cc1Cl. The molecule has 0 fully saturated rings. The van der Waals surface area contributed by atoms with Gasteiger partial charge in [-0.05, 0) is 18.2 Å². The number of aliphatic carboxylic acids is 1. The monoisotopic (exact) mass is 303 g/mol. The maximum atomic E-state index is 11.2. The van der Waals surface area contributed by atoms with Crippen LogP contribution in [0.15, 0.2) is 34.8 Å².